The number of rotatable bonds is 3. The SMILES string of the molecule is [B]c1c(P)c(Nc2nc(C)cc(NC)n2)cc2c1OCC2. The molecule has 3 rings (SSSR count). The highest BCUT2D eigenvalue weighted by molar-refractivity contribution is 7.29. The van der Waals surface area contributed by atoms with Gasteiger partial charge < -0.3 is 15.4 Å². The van der Waals surface area contributed by atoms with Crippen LogP contribution in [0.25, 0.3) is 0 Å². The average molecular weight is 298 g/mol. The molecule has 1 aromatic heterocycles. The van der Waals surface area contributed by atoms with E-state index in [1.54, 1.807) is 0 Å². The predicted octanol–water partition coefficient (Wildman–Crippen LogP) is 0.799. The molecule has 21 heavy (non-hydrogen) atoms. The van der Waals surface area contributed by atoms with Crippen LogP contribution in [0.1, 0.15) is 11.3 Å². The van der Waals surface area contributed by atoms with Gasteiger partial charge in [-0.05, 0) is 29.3 Å². The topological polar surface area (TPSA) is 59.1 Å². The molecular weight excluding hydrogens is 282 g/mol. The van der Waals surface area contributed by atoms with Gasteiger partial charge in [0, 0.05) is 30.9 Å². The number of benzene rings is 1. The Bertz CT molecular complexity index is 708. The fourth-order valence-corrected chi connectivity index (χ4v) is 2.64. The van der Waals surface area contributed by atoms with Crippen LogP contribution in [0.4, 0.5) is 17.5 Å². The van der Waals surface area contributed by atoms with Gasteiger partial charge in [-0.25, -0.2) is 4.98 Å². The van der Waals surface area contributed by atoms with Crippen LogP contribution in [0.15, 0.2) is 12.1 Å². The van der Waals surface area contributed by atoms with Crippen LogP contribution in [-0.4, -0.2) is 31.5 Å². The summed E-state index contributed by atoms with van der Waals surface area (Å²) in [6, 6.07) is 3.93. The molecule has 0 aliphatic carbocycles. The van der Waals surface area contributed by atoms with Gasteiger partial charge in [-0.3, -0.25) is 0 Å². The van der Waals surface area contributed by atoms with Crippen molar-refractivity contribution in [1.82, 2.24) is 9.97 Å². The Morgan fingerprint density at radius 3 is 2.90 bits per heavy atom. The average Bonchev–Trinajstić information content (AvgIpc) is 2.92. The Labute approximate surface area is 127 Å². The highest BCUT2D eigenvalue weighted by Gasteiger charge is 2.18. The molecule has 2 N–H and O–H groups in total. The van der Waals surface area contributed by atoms with E-state index < -0.39 is 0 Å². The quantitative estimate of drug-likeness (QED) is 0.648. The molecule has 5 nitrogen and oxygen atoms in total. The highest BCUT2D eigenvalue weighted by atomic mass is 31.0. The molecule has 0 spiro atoms. The first-order valence-electron chi connectivity index (χ1n) is 6.72. The van der Waals surface area contributed by atoms with Crippen LogP contribution in [0.5, 0.6) is 5.75 Å². The predicted molar refractivity (Wildman–Crippen MR) is 90.0 cm³/mol. The third-order valence-electron chi connectivity index (χ3n) is 3.41. The molecule has 0 saturated carbocycles. The Hall–Kier alpha value is -1.81. The molecule has 0 fully saturated rings. The summed E-state index contributed by atoms with van der Waals surface area (Å²) in [5.74, 6) is 2.11. The lowest BCUT2D eigenvalue weighted by Crippen LogP contribution is -2.24. The van der Waals surface area contributed by atoms with Gasteiger partial charge in [0.25, 0.3) is 0 Å². The minimum atomic E-state index is 0.543. The van der Waals surface area contributed by atoms with Crippen molar-refractivity contribution in [2.75, 3.05) is 24.3 Å². The molecule has 2 aromatic rings. The summed E-state index contributed by atoms with van der Waals surface area (Å²) in [5, 5.41) is 7.13. The number of aromatic nitrogens is 2. The van der Waals surface area contributed by atoms with Crippen LogP contribution in [0.2, 0.25) is 0 Å². The summed E-state index contributed by atoms with van der Waals surface area (Å²) in [6.45, 7) is 2.61. The first-order valence-corrected chi connectivity index (χ1v) is 7.30. The summed E-state index contributed by atoms with van der Waals surface area (Å²) in [5.41, 5.74) is 3.54. The van der Waals surface area contributed by atoms with Gasteiger partial charge >= 0.3 is 0 Å². The van der Waals surface area contributed by atoms with Crippen molar-refractivity contribution in [3.63, 3.8) is 0 Å². The van der Waals surface area contributed by atoms with Crippen molar-refractivity contribution in [1.29, 1.82) is 0 Å². The van der Waals surface area contributed by atoms with Crippen LogP contribution in [0.3, 0.4) is 0 Å². The summed E-state index contributed by atoms with van der Waals surface area (Å²) in [7, 11) is 10.6. The number of aryl methyl sites for hydroxylation is 1. The van der Waals surface area contributed by atoms with Crippen molar-refractivity contribution >= 4 is 45.3 Å². The second kappa shape index (κ2) is 5.53. The van der Waals surface area contributed by atoms with E-state index in [-0.39, 0.29) is 0 Å². The summed E-state index contributed by atoms with van der Waals surface area (Å²) in [4.78, 5) is 8.79. The van der Waals surface area contributed by atoms with Gasteiger partial charge in [0.05, 0.1) is 6.61 Å². The van der Waals surface area contributed by atoms with Crippen molar-refractivity contribution < 1.29 is 4.74 Å². The molecule has 0 bridgehead atoms. The van der Waals surface area contributed by atoms with Gasteiger partial charge in [-0.15, -0.1) is 9.24 Å². The van der Waals surface area contributed by atoms with Crippen molar-refractivity contribution in [3.05, 3.63) is 23.4 Å². The minimum Gasteiger partial charge on any atom is -0.494 e. The van der Waals surface area contributed by atoms with Gasteiger partial charge in [-0.2, -0.15) is 4.98 Å². The number of ether oxygens (including phenoxy) is 1. The maximum atomic E-state index is 6.14. The van der Waals surface area contributed by atoms with E-state index in [9.17, 15) is 0 Å². The van der Waals surface area contributed by atoms with Crippen molar-refractivity contribution in [2.24, 2.45) is 0 Å². The second-order valence-corrected chi connectivity index (χ2v) is 5.51. The lowest BCUT2D eigenvalue weighted by atomic mass is 9.91. The molecule has 1 aromatic carbocycles. The molecule has 7 heteroatoms. The molecular formula is C14H16BN4OP. The van der Waals surface area contributed by atoms with E-state index in [1.165, 1.54) is 0 Å². The number of nitrogens with one attached hydrogen (secondary N) is 2. The number of anilines is 3. The Kier molecular flexibility index (Phi) is 3.72. The zero-order valence-corrected chi connectivity index (χ0v) is 13.2. The first-order chi connectivity index (χ1) is 10.1. The maximum Gasteiger partial charge on any atom is 0.229 e. The Balaban J connectivity index is 1.99. The lowest BCUT2D eigenvalue weighted by Gasteiger charge is -2.15. The summed E-state index contributed by atoms with van der Waals surface area (Å²) >= 11 is 0. The summed E-state index contributed by atoms with van der Waals surface area (Å²) < 4.78 is 5.56. The molecule has 0 saturated heterocycles. The fraction of sp³-hybridized carbons (Fsp3) is 0.286. The molecule has 1 unspecified atom stereocenters. The smallest absolute Gasteiger partial charge is 0.229 e. The number of hydrogen-bond donors (Lipinski definition) is 2. The van der Waals surface area contributed by atoms with E-state index in [0.717, 1.165) is 40.2 Å². The minimum absolute atomic E-state index is 0.543. The Morgan fingerprint density at radius 1 is 1.33 bits per heavy atom. The first kappa shape index (κ1) is 14.1. The van der Waals surface area contributed by atoms with E-state index in [4.69, 9.17) is 12.6 Å². The molecule has 1 aliphatic heterocycles. The van der Waals surface area contributed by atoms with Crippen molar-refractivity contribution in [2.45, 2.75) is 13.3 Å². The largest absolute Gasteiger partial charge is 0.494 e. The number of hydrogen-bond acceptors (Lipinski definition) is 5. The number of nitrogens with zero attached hydrogens (tertiary/aromatic N) is 2. The van der Waals surface area contributed by atoms with E-state index in [1.807, 2.05) is 26.1 Å². The van der Waals surface area contributed by atoms with E-state index in [0.29, 0.717) is 18.0 Å². The highest BCUT2D eigenvalue weighted by Crippen LogP contribution is 2.27. The standard InChI is InChI=1S/C14H16BN4OP/c1-7-5-10(16-2)19-14(17-7)18-9-6-8-3-4-20-12(8)11(15)13(9)21/h5-6H,3-4,21H2,1-2H3,(H2,16,17,18,19). The second-order valence-electron chi connectivity index (χ2n) is 4.93. The van der Waals surface area contributed by atoms with Gasteiger partial charge in [0.2, 0.25) is 5.95 Å². The molecule has 106 valence electrons. The van der Waals surface area contributed by atoms with Crippen LogP contribution >= 0.6 is 9.24 Å². The number of fused-ring (bicyclic) bond motifs is 1. The molecule has 2 radical (unpaired) electrons. The van der Waals surface area contributed by atoms with E-state index in [2.05, 4.69) is 29.8 Å². The van der Waals surface area contributed by atoms with E-state index >= 15 is 0 Å². The fourth-order valence-electron chi connectivity index (χ4n) is 2.35. The molecule has 1 aliphatic rings. The zero-order chi connectivity index (χ0) is 15.0. The zero-order valence-electron chi connectivity index (χ0n) is 12.0. The maximum absolute atomic E-state index is 6.14. The lowest BCUT2D eigenvalue weighted by molar-refractivity contribution is 0.359. The van der Waals surface area contributed by atoms with Gasteiger partial charge in [0.1, 0.15) is 19.4 Å². The molecule has 0 amide bonds. The summed E-state index contributed by atoms with van der Waals surface area (Å²) in [6.07, 6.45) is 0.871. The molecule has 1 atom stereocenters. The third kappa shape index (κ3) is 2.68. The Morgan fingerprint density at radius 2 is 2.14 bits per heavy atom. The van der Waals surface area contributed by atoms with Gasteiger partial charge in [-0.1, -0.05) is 0 Å². The normalized spacial score (nSPS) is 12.7. The van der Waals surface area contributed by atoms with Crippen LogP contribution in [0, 0.1) is 6.92 Å². The monoisotopic (exact) mass is 298 g/mol. The van der Waals surface area contributed by atoms with Crippen LogP contribution < -0.4 is 26.1 Å². The van der Waals surface area contributed by atoms with Crippen LogP contribution in [-0.2, 0) is 6.42 Å². The van der Waals surface area contributed by atoms with Crippen molar-refractivity contribution in [3.8, 4) is 5.75 Å². The third-order valence-corrected chi connectivity index (χ3v) is 4.03. The molecule has 2 heterocycles. The van der Waals surface area contributed by atoms with Gasteiger partial charge in [0.15, 0.2) is 0 Å².